The normalized spacial score (nSPS) is 15.0. The Bertz CT molecular complexity index is 1460. The highest BCUT2D eigenvalue weighted by Crippen LogP contribution is 2.28. The molecule has 3 aromatic heterocycles. The number of anilines is 1. The van der Waals surface area contributed by atoms with Gasteiger partial charge in [0.2, 0.25) is 0 Å². The Hall–Kier alpha value is -4.14. The van der Waals surface area contributed by atoms with Gasteiger partial charge in [-0.1, -0.05) is 6.07 Å². The quantitative estimate of drug-likeness (QED) is 0.469. The molecule has 1 saturated heterocycles. The van der Waals surface area contributed by atoms with Crippen molar-refractivity contribution in [2.24, 2.45) is 0 Å². The van der Waals surface area contributed by atoms with Gasteiger partial charge in [-0.05, 0) is 19.2 Å². The zero-order valence-electron chi connectivity index (χ0n) is 18.5. The van der Waals surface area contributed by atoms with Gasteiger partial charge in [-0.15, -0.1) is 0 Å². The number of hydrogen-bond donors (Lipinski definition) is 2. The third kappa shape index (κ3) is 3.79. The number of para-hydroxylation sites is 1. The number of nitrogen functional groups attached to an aromatic ring is 1. The largest absolute Gasteiger partial charge is 0.382 e. The summed E-state index contributed by atoms with van der Waals surface area (Å²) < 4.78 is 15.8. The molecular formula is C23H22FN9O. The molecule has 34 heavy (non-hydrogen) atoms. The van der Waals surface area contributed by atoms with Crippen LogP contribution in [0.25, 0.3) is 27.8 Å². The van der Waals surface area contributed by atoms with Crippen molar-refractivity contribution in [2.45, 2.75) is 6.54 Å². The molecule has 3 N–H and O–H groups in total. The second kappa shape index (κ2) is 8.66. The molecule has 0 spiro atoms. The lowest BCUT2D eigenvalue weighted by molar-refractivity contribution is 0.147. The van der Waals surface area contributed by atoms with Crippen LogP contribution in [0.2, 0.25) is 0 Å². The van der Waals surface area contributed by atoms with E-state index < -0.39 is 11.4 Å². The number of hydrogen-bond acceptors (Lipinski definition) is 8. The van der Waals surface area contributed by atoms with Crippen molar-refractivity contribution in [3.63, 3.8) is 0 Å². The number of nitrogens with one attached hydrogen (secondary N) is 1. The average molecular weight is 459 g/mol. The second-order valence-corrected chi connectivity index (χ2v) is 8.30. The molecule has 1 aliphatic heterocycles. The molecule has 4 heterocycles. The van der Waals surface area contributed by atoms with Crippen LogP contribution in [0.15, 0.2) is 41.6 Å². The fraction of sp³-hybridized carbons (Fsp3) is 0.261. The number of likely N-dealkylation sites (N-methyl/N-ethyl adjacent to an activating group) is 1. The smallest absolute Gasteiger partial charge is 0.268 e. The third-order valence-corrected chi connectivity index (χ3v) is 6.07. The van der Waals surface area contributed by atoms with Gasteiger partial charge in [0, 0.05) is 44.5 Å². The van der Waals surface area contributed by atoms with Crippen molar-refractivity contribution in [3.05, 3.63) is 64.2 Å². The summed E-state index contributed by atoms with van der Waals surface area (Å²) in [7, 11) is 2.11. The summed E-state index contributed by atoms with van der Waals surface area (Å²) in [5.74, 6) is -0.729. The minimum absolute atomic E-state index is 0.0167. The minimum Gasteiger partial charge on any atom is -0.382 e. The first-order chi connectivity index (χ1) is 16.5. The number of H-pyrrole nitrogens is 1. The monoisotopic (exact) mass is 459 g/mol. The van der Waals surface area contributed by atoms with E-state index in [4.69, 9.17) is 5.73 Å². The molecule has 0 radical (unpaired) electrons. The summed E-state index contributed by atoms with van der Waals surface area (Å²) in [6.45, 7) is 4.62. The van der Waals surface area contributed by atoms with E-state index in [0.29, 0.717) is 23.3 Å². The summed E-state index contributed by atoms with van der Waals surface area (Å²) in [5, 5.41) is 16.3. The molecule has 1 aliphatic rings. The second-order valence-electron chi connectivity index (χ2n) is 8.30. The fourth-order valence-electron chi connectivity index (χ4n) is 4.16. The number of aromatic nitrogens is 5. The number of fused-ring (bicyclic) bond motifs is 1. The number of nitrogens with two attached hydrogens (primary N) is 1. The molecule has 10 nitrogen and oxygen atoms in total. The Morgan fingerprint density at radius 1 is 1.21 bits per heavy atom. The molecule has 1 aromatic carbocycles. The third-order valence-electron chi connectivity index (χ3n) is 6.07. The van der Waals surface area contributed by atoms with Crippen LogP contribution in [0, 0.1) is 17.1 Å². The number of halogens is 1. The molecule has 0 atom stereocenters. The molecule has 0 amide bonds. The number of rotatable bonds is 4. The Morgan fingerprint density at radius 3 is 2.71 bits per heavy atom. The van der Waals surface area contributed by atoms with Crippen molar-refractivity contribution >= 4 is 16.7 Å². The maximum absolute atomic E-state index is 14.8. The summed E-state index contributed by atoms with van der Waals surface area (Å²) in [4.78, 5) is 26.9. The van der Waals surface area contributed by atoms with Gasteiger partial charge in [0.1, 0.15) is 23.0 Å². The number of pyridine rings is 1. The van der Waals surface area contributed by atoms with Crippen LogP contribution >= 0.6 is 0 Å². The van der Waals surface area contributed by atoms with Gasteiger partial charge >= 0.3 is 0 Å². The molecule has 172 valence electrons. The van der Waals surface area contributed by atoms with Crippen molar-refractivity contribution in [1.82, 2.24) is 34.5 Å². The number of nitrogens with zero attached hydrogens (tertiary/aromatic N) is 7. The van der Waals surface area contributed by atoms with E-state index in [1.165, 1.54) is 24.4 Å². The van der Waals surface area contributed by atoms with Gasteiger partial charge in [-0.3, -0.25) is 29.3 Å². The van der Waals surface area contributed by atoms with E-state index in [9.17, 15) is 14.4 Å². The van der Waals surface area contributed by atoms with Gasteiger partial charge in [0.25, 0.3) is 5.56 Å². The lowest BCUT2D eigenvalue weighted by atomic mass is 10.1. The Morgan fingerprint density at radius 2 is 2.00 bits per heavy atom. The zero-order valence-corrected chi connectivity index (χ0v) is 18.5. The molecular weight excluding hydrogens is 437 g/mol. The van der Waals surface area contributed by atoms with Crippen molar-refractivity contribution in [1.29, 1.82) is 5.26 Å². The van der Waals surface area contributed by atoms with Crippen molar-refractivity contribution in [2.75, 3.05) is 39.0 Å². The van der Waals surface area contributed by atoms with E-state index >= 15 is 0 Å². The molecule has 11 heteroatoms. The molecule has 0 aliphatic carbocycles. The standard InChI is InChI=1S/C23H22FN9O/c1-31-5-7-32(8-6-31)12-15-10-28-18(11-27-15)16-13-33(21-14(9-25)3-2-4-17(21)24)23(34)19-20(16)29-30-22(19)26/h2-4,10-11,13H,5-8,12H2,1H3,(H3,26,29,30). The van der Waals surface area contributed by atoms with Crippen molar-refractivity contribution < 1.29 is 4.39 Å². The molecule has 0 bridgehead atoms. The predicted molar refractivity (Wildman–Crippen MR) is 125 cm³/mol. The minimum atomic E-state index is -0.706. The SMILES string of the molecule is CN1CCN(Cc2cnc(-c3cn(-c4c(F)cccc4C#N)c(=O)c4c(N)n[nH]c34)cn2)CC1. The highest BCUT2D eigenvalue weighted by Gasteiger charge is 2.21. The van der Waals surface area contributed by atoms with Crippen LogP contribution in [-0.2, 0) is 6.54 Å². The van der Waals surface area contributed by atoms with Gasteiger partial charge in [-0.25, -0.2) is 4.39 Å². The summed E-state index contributed by atoms with van der Waals surface area (Å²) in [6, 6.07) is 5.99. The van der Waals surface area contributed by atoms with Crippen LogP contribution in [0.1, 0.15) is 11.3 Å². The van der Waals surface area contributed by atoms with Crippen LogP contribution in [0.5, 0.6) is 0 Å². The van der Waals surface area contributed by atoms with Crippen LogP contribution in [0.3, 0.4) is 0 Å². The predicted octanol–water partition coefficient (Wildman–Crippen LogP) is 1.51. The highest BCUT2D eigenvalue weighted by atomic mass is 19.1. The molecule has 5 rings (SSSR count). The Kier molecular flexibility index (Phi) is 5.53. The van der Waals surface area contributed by atoms with Gasteiger partial charge in [-0.2, -0.15) is 10.4 Å². The lowest BCUT2D eigenvalue weighted by Crippen LogP contribution is -2.44. The summed E-state index contributed by atoms with van der Waals surface area (Å²) in [5.41, 5.74) is 7.34. The van der Waals surface area contributed by atoms with E-state index in [1.54, 1.807) is 12.4 Å². The zero-order chi connectivity index (χ0) is 23.8. The van der Waals surface area contributed by atoms with Crippen LogP contribution in [-0.4, -0.2) is 67.8 Å². The lowest BCUT2D eigenvalue weighted by Gasteiger charge is -2.31. The van der Waals surface area contributed by atoms with Crippen LogP contribution < -0.4 is 11.3 Å². The molecule has 0 saturated carbocycles. The van der Waals surface area contributed by atoms with Gasteiger partial charge in [0.15, 0.2) is 5.82 Å². The average Bonchev–Trinajstić information content (AvgIpc) is 3.24. The first-order valence-corrected chi connectivity index (χ1v) is 10.8. The summed E-state index contributed by atoms with van der Waals surface area (Å²) in [6.07, 6.45) is 4.74. The first kappa shape index (κ1) is 21.7. The van der Waals surface area contributed by atoms with E-state index in [0.717, 1.165) is 36.4 Å². The fourth-order valence-corrected chi connectivity index (χ4v) is 4.16. The molecule has 0 unspecified atom stereocenters. The first-order valence-electron chi connectivity index (χ1n) is 10.8. The highest BCUT2D eigenvalue weighted by molar-refractivity contribution is 5.97. The van der Waals surface area contributed by atoms with Crippen molar-refractivity contribution in [3.8, 4) is 23.0 Å². The Labute approximate surface area is 194 Å². The maximum atomic E-state index is 14.8. The van der Waals surface area contributed by atoms with E-state index in [-0.39, 0.29) is 22.5 Å². The summed E-state index contributed by atoms with van der Waals surface area (Å²) >= 11 is 0. The number of aromatic amines is 1. The Balaban J connectivity index is 1.59. The topological polar surface area (TPSA) is 133 Å². The number of benzene rings is 1. The van der Waals surface area contributed by atoms with Gasteiger partial charge in [0.05, 0.1) is 34.9 Å². The number of piperazine rings is 1. The number of nitriles is 1. The van der Waals surface area contributed by atoms with Crippen LogP contribution in [0.4, 0.5) is 10.2 Å². The van der Waals surface area contributed by atoms with Gasteiger partial charge < -0.3 is 10.6 Å². The molecule has 1 fully saturated rings. The van der Waals surface area contributed by atoms with E-state index in [1.807, 2.05) is 6.07 Å². The maximum Gasteiger partial charge on any atom is 0.268 e. The molecule has 4 aromatic rings. The van der Waals surface area contributed by atoms with E-state index in [2.05, 4.69) is 37.0 Å².